The Bertz CT molecular complexity index is 780. The summed E-state index contributed by atoms with van der Waals surface area (Å²) >= 11 is 8.25. The van der Waals surface area contributed by atoms with Crippen LogP contribution in [0.5, 0.6) is 0 Å². The molecular formula is C14H13ClN2OS. The summed E-state index contributed by atoms with van der Waals surface area (Å²) in [4.78, 5) is 19.1. The molecule has 2 N–H and O–H groups in total. The summed E-state index contributed by atoms with van der Waals surface area (Å²) < 4.78 is 0. The first-order valence-corrected chi connectivity index (χ1v) is 7.23. The number of aromatic nitrogens is 2. The summed E-state index contributed by atoms with van der Waals surface area (Å²) in [5, 5.41) is -0.180. The van der Waals surface area contributed by atoms with Gasteiger partial charge in [0, 0.05) is 9.75 Å². The van der Waals surface area contributed by atoms with Gasteiger partial charge in [0.05, 0.1) is 16.4 Å². The molecule has 5 heteroatoms. The Morgan fingerprint density at radius 3 is 2.58 bits per heavy atom. The average molecular weight is 293 g/mol. The van der Waals surface area contributed by atoms with Crippen molar-refractivity contribution in [2.75, 3.05) is 0 Å². The molecule has 19 heavy (non-hydrogen) atoms. The van der Waals surface area contributed by atoms with Gasteiger partial charge >= 0.3 is 5.69 Å². The zero-order chi connectivity index (χ0) is 13.6. The molecular weight excluding hydrogens is 280 g/mol. The number of thiophene rings is 1. The second-order valence-electron chi connectivity index (χ2n) is 4.63. The number of hydrogen-bond donors (Lipinski definition) is 2. The van der Waals surface area contributed by atoms with Crippen LogP contribution in [0.3, 0.4) is 0 Å². The minimum Gasteiger partial charge on any atom is -0.306 e. The van der Waals surface area contributed by atoms with Crippen LogP contribution < -0.4 is 5.69 Å². The number of nitrogens with one attached hydrogen (secondary N) is 2. The molecule has 0 aliphatic rings. The van der Waals surface area contributed by atoms with E-state index in [0.29, 0.717) is 0 Å². The van der Waals surface area contributed by atoms with Crippen LogP contribution in [0.4, 0.5) is 0 Å². The van der Waals surface area contributed by atoms with E-state index in [0.717, 1.165) is 21.5 Å². The lowest BCUT2D eigenvalue weighted by molar-refractivity contribution is 1.18. The lowest BCUT2D eigenvalue weighted by Gasteiger charge is -2.07. The van der Waals surface area contributed by atoms with Crippen molar-refractivity contribution in [1.82, 2.24) is 9.97 Å². The van der Waals surface area contributed by atoms with E-state index in [1.165, 1.54) is 10.4 Å². The number of H-pyrrole nitrogens is 2. The maximum absolute atomic E-state index is 11.2. The number of hydrogen-bond acceptors (Lipinski definition) is 2. The molecule has 3 aromatic rings. The fourth-order valence-electron chi connectivity index (χ4n) is 2.10. The van der Waals surface area contributed by atoms with Gasteiger partial charge in [-0.25, -0.2) is 4.79 Å². The van der Waals surface area contributed by atoms with Crippen LogP contribution in [0, 0.1) is 13.8 Å². The van der Waals surface area contributed by atoms with Crippen LogP contribution >= 0.6 is 22.9 Å². The highest BCUT2D eigenvalue weighted by molar-refractivity contribution is 7.12. The number of fused-ring (bicyclic) bond motifs is 1. The SMILES string of the molecule is Cc1cc(C(Cl)c2ccc3[nH]c(=O)[nH]c3c2)sc1C. The second kappa shape index (κ2) is 4.54. The molecule has 0 aliphatic heterocycles. The summed E-state index contributed by atoms with van der Waals surface area (Å²) in [7, 11) is 0. The number of rotatable bonds is 2. The fraction of sp³-hybridized carbons (Fsp3) is 0.214. The molecule has 0 spiro atoms. The summed E-state index contributed by atoms with van der Waals surface area (Å²) in [5.41, 5.74) is 3.66. The van der Waals surface area contributed by atoms with E-state index in [1.807, 2.05) is 18.2 Å². The zero-order valence-electron chi connectivity index (χ0n) is 10.6. The van der Waals surface area contributed by atoms with Crippen LogP contribution in [0.1, 0.15) is 26.3 Å². The molecule has 1 aromatic carbocycles. The van der Waals surface area contributed by atoms with Gasteiger partial charge in [0.25, 0.3) is 0 Å². The number of imidazole rings is 1. The van der Waals surface area contributed by atoms with Crippen LogP contribution in [-0.4, -0.2) is 9.97 Å². The second-order valence-corrected chi connectivity index (χ2v) is 6.36. The monoisotopic (exact) mass is 292 g/mol. The minimum atomic E-state index is -0.193. The van der Waals surface area contributed by atoms with Crippen molar-refractivity contribution in [1.29, 1.82) is 0 Å². The van der Waals surface area contributed by atoms with Gasteiger partial charge in [-0.3, -0.25) is 0 Å². The Hall–Kier alpha value is -1.52. The van der Waals surface area contributed by atoms with Gasteiger partial charge in [0.2, 0.25) is 0 Å². The first-order chi connectivity index (χ1) is 9.04. The zero-order valence-corrected chi connectivity index (χ0v) is 12.2. The molecule has 1 unspecified atom stereocenters. The third-order valence-corrected chi connectivity index (χ3v) is 5.10. The van der Waals surface area contributed by atoms with E-state index in [2.05, 4.69) is 29.9 Å². The maximum Gasteiger partial charge on any atom is 0.323 e. The third-order valence-electron chi connectivity index (χ3n) is 3.27. The Kier molecular flexibility index (Phi) is 2.99. The summed E-state index contributed by atoms with van der Waals surface area (Å²) in [5.74, 6) is 0. The van der Waals surface area contributed by atoms with Crippen molar-refractivity contribution in [3.05, 3.63) is 55.6 Å². The van der Waals surface area contributed by atoms with Crippen molar-refractivity contribution in [3.8, 4) is 0 Å². The molecule has 2 aromatic heterocycles. The number of aryl methyl sites for hydroxylation is 2. The fourth-order valence-corrected chi connectivity index (χ4v) is 3.48. The highest BCUT2D eigenvalue weighted by atomic mass is 35.5. The smallest absolute Gasteiger partial charge is 0.306 e. The molecule has 2 heterocycles. The standard InChI is InChI=1S/C14H13ClN2OS/c1-7-5-12(19-8(7)2)13(15)9-3-4-10-11(6-9)17-14(18)16-10/h3-6,13H,1-2H3,(H2,16,17,18). The Balaban J connectivity index is 2.05. The molecule has 0 saturated carbocycles. The predicted octanol–water partition coefficient (Wildman–Crippen LogP) is 3.86. The first kappa shape index (κ1) is 12.5. The Morgan fingerprint density at radius 2 is 1.89 bits per heavy atom. The van der Waals surface area contributed by atoms with E-state index >= 15 is 0 Å². The molecule has 3 nitrogen and oxygen atoms in total. The molecule has 0 fully saturated rings. The largest absolute Gasteiger partial charge is 0.323 e. The van der Waals surface area contributed by atoms with Gasteiger partial charge in [-0.1, -0.05) is 6.07 Å². The highest BCUT2D eigenvalue weighted by Gasteiger charge is 2.15. The Labute approximate surface area is 119 Å². The minimum absolute atomic E-state index is 0.180. The lowest BCUT2D eigenvalue weighted by atomic mass is 10.1. The molecule has 0 radical (unpaired) electrons. The van der Waals surface area contributed by atoms with E-state index in [-0.39, 0.29) is 11.1 Å². The van der Waals surface area contributed by atoms with Crippen molar-refractivity contribution in [3.63, 3.8) is 0 Å². The summed E-state index contributed by atoms with van der Waals surface area (Å²) in [6, 6.07) is 7.89. The van der Waals surface area contributed by atoms with Crippen molar-refractivity contribution < 1.29 is 0 Å². The van der Waals surface area contributed by atoms with Crippen molar-refractivity contribution >= 4 is 34.0 Å². The van der Waals surface area contributed by atoms with Gasteiger partial charge in [0.1, 0.15) is 0 Å². The molecule has 3 rings (SSSR count). The molecule has 1 atom stereocenters. The van der Waals surface area contributed by atoms with Gasteiger partial charge in [-0.05, 0) is 43.2 Å². The lowest BCUT2D eigenvalue weighted by Crippen LogP contribution is -1.99. The number of halogens is 1. The molecule has 0 bridgehead atoms. The molecule has 98 valence electrons. The average Bonchev–Trinajstić information content (AvgIpc) is 2.90. The van der Waals surface area contributed by atoms with Crippen molar-refractivity contribution in [2.45, 2.75) is 19.2 Å². The third kappa shape index (κ3) is 2.22. The predicted molar refractivity (Wildman–Crippen MR) is 80.4 cm³/mol. The highest BCUT2D eigenvalue weighted by Crippen LogP contribution is 2.35. The van der Waals surface area contributed by atoms with Gasteiger partial charge < -0.3 is 9.97 Å². The topological polar surface area (TPSA) is 48.6 Å². The molecule has 0 amide bonds. The quantitative estimate of drug-likeness (QED) is 0.692. The van der Waals surface area contributed by atoms with E-state index in [4.69, 9.17) is 11.6 Å². The Morgan fingerprint density at radius 1 is 1.16 bits per heavy atom. The molecule has 0 saturated heterocycles. The van der Waals surface area contributed by atoms with Crippen LogP contribution in [0.15, 0.2) is 29.1 Å². The van der Waals surface area contributed by atoms with Crippen LogP contribution in [0.2, 0.25) is 0 Å². The summed E-state index contributed by atoms with van der Waals surface area (Å²) in [6.07, 6.45) is 0. The van der Waals surface area contributed by atoms with Crippen molar-refractivity contribution in [2.24, 2.45) is 0 Å². The first-order valence-electron chi connectivity index (χ1n) is 5.97. The normalized spacial score (nSPS) is 13.0. The number of benzene rings is 1. The summed E-state index contributed by atoms with van der Waals surface area (Å²) in [6.45, 7) is 4.19. The van der Waals surface area contributed by atoms with Gasteiger partial charge in [-0.2, -0.15) is 0 Å². The van der Waals surface area contributed by atoms with E-state index in [1.54, 1.807) is 11.3 Å². The number of alkyl halides is 1. The van der Waals surface area contributed by atoms with Gasteiger partial charge in [-0.15, -0.1) is 22.9 Å². The maximum atomic E-state index is 11.2. The van der Waals surface area contributed by atoms with Gasteiger partial charge in [0.15, 0.2) is 0 Å². The van der Waals surface area contributed by atoms with Crippen LogP contribution in [-0.2, 0) is 0 Å². The molecule has 0 aliphatic carbocycles. The van der Waals surface area contributed by atoms with E-state index < -0.39 is 0 Å². The van der Waals surface area contributed by atoms with Crippen LogP contribution in [0.25, 0.3) is 11.0 Å². The van der Waals surface area contributed by atoms with E-state index in [9.17, 15) is 4.79 Å². The number of aromatic amines is 2.